The SMILES string of the molecule is Cc1ccc(OCC(O)CNCCCCC(N)=O)cc1. The first-order chi connectivity index (χ1) is 9.58. The van der Waals surface area contributed by atoms with Crippen LogP contribution >= 0.6 is 0 Å². The molecule has 0 aliphatic carbocycles. The maximum Gasteiger partial charge on any atom is 0.217 e. The van der Waals surface area contributed by atoms with Crippen LogP contribution in [-0.2, 0) is 4.79 Å². The van der Waals surface area contributed by atoms with E-state index in [9.17, 15) is 9.90 Å². The van der Waals surface area contributed by atoms with Gasteiger partial charge in [0.1, 0.15) is 18.5 Å². The number of aliphatic hydroxyl groups is 1. The fourth-order valence-electron chi connectivity index (χ4n) is 1.70. The summed E-state index contributed by atoms with van der Waals surface area (Å²) in [5.74, 6) is 0.493. The Morgan fingerprint density at radius 3 is 2.70 bits per heavy atom. The van der Waals surface area contributed by atoms with E-state index in [2.05, 4.69) is 5.32 Å². The van der Waals surface area contributed by atoms with Crippen molar-refractivity contribution in [3.05, 3.63) is 29.8 Å². The third kappa shape index (κ3) is 7.76. The van der Waals surface area contributed by atoms with E-state index in [0.29, 0.717) is 13.0 Å². The summed E-state index contributed by atoms with van der Waals surface area (Å²) in [6.45, 7) is 3.51. The topological polar surface area (TPSA) is 84.6 Å². The minimum Gasteiger partial charge on any atom is -0.491 e. The Hall–Kier alpha value is -1.59. The van der Waals surface area contributed by atoms with Gasteiger partial charge in [-0.05, 0) is 38.4 Å². The monoisotopic (exact) mass is 280 g/mol. The van der Waals surface area contributed by atoms with Gasteiger partial charge in [0.2, 0.25) is 5.91 Å². The van der Waals surface area contributed by atoms with Gasteiger partial charge in [-0.1, -0.05) is 17.7 Å². The molecule has 0 spiro atoms. The number of carbonyl (C=O) groups excluding carboxylic acids is 1. The van der Waals surface area contributed by atoms with Crippen LogP contribution in [0.5, 0.6) is 5.75 Å². The van der Waals surface area contributed by atoms with Crippen molar-refractivity contribution in [3.8, 4) is 5.75 Å². The maximum atomic E-state index is 10.5. The highest BCUT2D eigenvalue weighted by Crippen LogP contribution is 2.11. The first-order valence-corrected chi connectivity index (χ1v) is 6.94. The standard InChI is InChI=1S/C15H24N2O3/c1-12-5-7-14(8-6-12)20-11-13(18)10-17-9-3-2-4-15(16)19/h5-8,13,17-18H,2-4,9-11H2,1H3,(H2,16,19). The van der Waals surface area contributed by atoms with Gasteiger partial charge in [0, 0.05) is 13.0 Å². The van der Waals surface area contributed by atoms with E-state index in [-0.39, 0.29) is 12.5 Å². The average Bonchev–Trinajstić information content (AvgIpc) is 2.41. The van der Waals surface area contributed by atoms with Crippen molar-refractivity contribution >= 4 is 5.91 Å². The zero-order valence-electron chi connectivity index (χ0n) is 12.0. The number of nitrogens with one attached hydrogen (secondary N) is 1. The molecule has 0 aromatic heterocycles. The molecular formula is C15H24N2O3. The molecule has 0 saturated heterocycles. The summed E-state index contributed by atoms with van der Waals surface area (Å²) >= 11 is 0. The van der Waals surface area contributed by atoms with Crippen LogP contribution in [0.15, 0.2) is 24.3 Å². The number of amides is 1. The molecule has 0 aliphatic rings. The molecule has 0 saturated carbocycles. The summed E-state index contributed by atoms with van der Waals surface area (Å²) in [4.78, 5) is 10.5. The number of rotatable bonds is 10. The molecule has 0 fully saturated rings. The van der Waals surface area contributed by atoms with Crippen molar-refractivity contribution in [2.24, 2.45) is 5.73 Å². The van der Waals surface area contributed by atoms with Crippen LogP contribution in [0.3, 0.4) is 0 Å². The molecule has 1 aromatic rings. The molecule has 0 heterocycles. The number of aliphatic hydroxyl groups excluding tert-OH is 1. The zero-order valence-corrected chi connectivity index (χ0v) is 12.0. The van der Waals surface area contributed by atoms with E-state index in [0.717, 1.165) is 25.1 Å². The number of carbonyl (C=O) groups is 1. The second kappa shape index (κ2) is 9.34. The molecule has 112 valence electrons. The number of unbranched alkanes of at least 4 members (excludes halogenated alkanes) is 1. The molecule has 20 heavy (non-hydrogen) atoms. The first kappa shape index (κ1) is 16.5. The summed E-state index contributed by atoms with van der Waals surface area (Å²) in [6, 6.07) is 7.72. The molecule has 1 aromatic carbocycles. The minimum absolute atomic E-state index is 0.261. The molecule has 0 radical (unpaired) electrons. The zero-order chi connectivity index (χ0) is 14.8. The molecule has 1 amide bonds. The van der Waals surface area contributed by atoms with Gasteiger partial charge in [0.25, 0.3) is 0 Å². The summed E-state index contributed by atoms with van der Waals surface area (Å²) < 4.78 is 5.48. The largest absolute Gasteiger partial charge is 0.491 e. The normalized spacial score (nSPS) is 12.1. The van der Waals surface area contributed by atoms with Crippen molar-refractivity contribution in [1.82, 2.24) is 5.32 Å². The summed E-state index contributed by atoms with van der Waals surface area (Å²) in [6.07, 6.45) is 1.51. The lowest BCUT2D eigenvalue weighted by atomic mass is 10.2. The maximum absolute atomic E-state index is 10.5. The van der Waals surface area contributed by atoms with Crippen molar-refractivity contribution in [3.63, 3.8) is 0 Å². The smallest absolute Gasteiger partial charge is 0.217 e. The van der Waals surface area contributed by atoms with E-state index in [1.165, 1.54) is 5.56 Å². The van der Waals surface area contributed by atoms with Gasteiger partial charge in [0.05, 0.1) is 0 Å². The van der Waals surface area contributed by atoms with Gasteiger partial charge in [-0.15, -0.1) is 0 Å². The van der Waals surface area contributed by atoms with E-state index in [4.69, 9.17) is 10.5 Å². The van der Waals surface area contributed by atoms with Crippen LogP contribution in [-0.4, -0.2) is 36.8 Å². The van der Waals surface area contributed by atoms with E-state index in [1.807, 2.05) is 31.2 Å². The van der Waals surface area contributed by atoms with Crippen LogP contribution in [0, 0.1) is 6.92 Å². The quantitative estimate of drug-likeness (QED) is 0.558. The lowest BCUT2D eigenvalue weighted by Gasteiger charge is -2.13. The first-order valence-electron chi connectivity index (χ1n) is 6.94. The highest BCUT2D eigenvalue weighted by molar-refractivity contribution is 5.73. The predicted molar refractivity (Wildman–Crippen MR) is 78.6 cm³/mol. The Kier molecular flexibility index (Phi) is 7.69. The highest BCUT2D eigenvalue weighted by Gasteiger charge is 2.04. The third-order valence-corrected chi connectivity index (χ3v) is 2.87. The predicted octanol–water partition coefficient (Wildman–Crippen LogP) is 0.980. The van der Waals surface area contributed by atoms with Gasteiger partial charge in [-0.3, -0.25) is 4.79 Å². The number of hydrogen-bond donors (Lipinski definition) is 3. The number of aryl methyl sites for hydroxylation is 1. The minimum atomic E-state index is -0.549. The molecule has 0 bridgehead atoms. The van der Waals surface area contributed by atoms with Gasteiger partial charge >= 0.3 is 0 Å². The lowest BCUT2D eigenvalue weighted by molar-refractivity contribution is -0.118. The fourth-order valence-corrected chi connectivity index (χ4v) is 1.70. The second-order valence-electron chi connectivity index (χ2n) is 4.91. The molecule has 4 N–H and O–H groups in total. The lowest BCUT2D eigenvalue weighted by Crippen LogP contribution is -2.32. The number of primary amides is 1. The Morgan fingerprint density at radius 1 is 1.35 bits per heavy atom. The molecule has 1 rings (SSSR count). The Morgan fingerprint density at radius 2 is 2.05 bits per heavy atom. The number of hydrogen-bond acceptors (Lipinski definition) is 4. The van der Waals surface area contributed by atoms with Crippen molar-refractivity contribution in [2.45, 2.75) is 32.3 Å². The number of nitrogens with two attached hydrogens (primary N) is 1. The van der Waals surface area contributed by atoms with Gasteiger partial charge in [0.15, 0.2) is 0 Å². The van der Waals surface area contributed by atoms with Crippen LogP contribution in [0.1, 0.15) is 24.8 Å². The molecule has 1 atom stereocenters. The number of ether oxygens (including phenoxy) is 1. The Bertz CT molecular complexity index is 393. The van der Waals surface area contributed by atoms with Crippen LogP contribution in [0.4, 0.5) is 0 Å². The summed E-state index contributed by atoms with van der Waals surface area (Å²) in [5.41, 5.74) is 6.22. The second-order valence-corrected chi connectivity index (χ2v) is 4.91. The summed E-state index contributed by atoms with van der Waals surface area (Å²) in [7, 11) is 0. The van der Waals surface area contributed by atoms with Crippen molar-refractivity contribution in [2.75, 3.05) is 19.7 Å². The van der Waals surface area contributed by atoms with E-state index in [1.54, 1.807) is 0 Å². The Labute approximate surface area is 120 Å². The Balaban J connectivity index is 2.04. The van der Waals surface area contributed by atoms with Gasteiger partial charge in [-0.25, -0.2) is 0 Å². The highest BCUT2D eigenvalue weighted by atomic mass is 16.5. The van der Waals surface area contributed by atoms with Crippen LogP contribution in [0.2, 0.25) is 0 Å². The summed E-state index contributed by atoms with van der Waals surface area (Å²) in [5, 5.41) is 12.9. The molecular weight excluding hydrogens is 256 g/mol. The van der Waals surface area contributed by atoms with E-state index >= 15 is 0 Å². The van der Waals surface area contributed by atoms with Gasteiger partial charge in [-0.2, -0.15) is 0 Å². The van der Waals surface area contributed by atoms with Crippen LogP contribution < -0.4 is 15.8 Å². The third-order valence-electron chi connectivity index (χ3n) is 2.87. The average molecular weight is 280 g/mol. The molecule has 1 unspecified atom stereocenters. The molecule has 5 heteroatoms. The van der Waals surface area contributed by atoms with Crippen molar-refractivity contribution < 1.29 is 14.6 Å². The molecule has 0 aliphatic heterocycles. The number of benzene rings is 1. The van der Waals surface area contributed by atoms with Crippen LogP contribution in [0.25, 0.3) is 0 Å². The van der Waals surface area contributed by atoms with Gasteiger partial charge < -0.3 is 20.9 Å². The van der Waals surface area contributed by atoms with Crippen molar-refractivity contribution in [1.29, 1.82) is 0 Å². The molecule has 5 nitrogen and oxygen atoms in total. The fraction of sp³-hybridized carbons (Fsp3) is 0.533. The van der Waals surface area contributed by atoms with E-state index < -0.39 is 6.10 Å².